The molecule has 0 unspecified atom stereocenters. The summed E-state index contributed by atoms with van der Waals surface area (Å²) in [4.78, 5) is 10.5. The summed E-state index contributed by atoms with van der Waals surface area (Å²) in [6.45, 7) is 1.94. The summed E-state index contributed by atoms with van der Waals surface area (Å²) < 4.78 is 26.0. The van der Waals surface area contributed by atoms with Gasteiger partial charge in [0.05, 0.1) is 12.7 Å². The lowest BCUT2D eigenvalue weighted by Crippen LogP contribution is -2.24. The van der Waals surface area contributed by atoms with Gasteiger partial charge in [-0.3, -0.25) is 5.10 Å². The molecule has 2 heterocycles. The van der Waals surface area contributed by atoms with E-state index in [2.05, 4.69) is 29.9 Å². The zero-order valence-corrected chi connectivity index (χ0v) is 9.95. The molecule has 0 aliphatic carbocycles. The van der Waals surface area contributed by atoms with Crippen molar-refractivity contribution < 1.29 is 8.42 Å². The first-order valence-corrected chi connectivity index (χ1v) is 6.48. The van der Waals surface area contributed by atoms with E-state index in [1.807, 2.05) is 6.92 Å². The van der Waals surface area contributed by atoms with Gasteiger partial charge in [-0.05, 0) is 0 Å². The number of sulfonamides is 1. The molecule has 2 aromatic heterocycles. The number of imidazole rings is 1. The lowest BCUT2D eigenvalue weighted by Gasteiger charge is -2.01. The molecule has 0 atom stereocenters. The minimum absolute atomic E-state index is 0.0499. The molecule has 0 aliphatic heterocycles. The largest absolute Gasteiger partial charge is 0.332 e. The molecule has 0 saturated heterocycles. The highest BCUT2D eigenvalue weighted by Gasteiger charge is 2.16. The first kappa shape index (κ1) is 11.7. The van der Waals surface area contributed by atoms with Crippen LogP contribution in [0.4, 0.5) is 0 Å². The standard InChI is InChI=1S/C8H12N6O2S/c1-2-6-9-4-8(13-6)17(15,16)12-3-7-10-5-11-14-7/h4-5,12H,2-3H2,1H3,(H,9,13)(H,10,11,14). The molecule has 17 heavy (non-hydrogen) atoms. The third-order valence-corrected chi connectivity index (χ3v) is 3.43. The first-order valence-electron chi connectivity index (χ1n) is 4.99. The van der Waals surface area contributed by atoms with Gasteiger partial charge in [-0.2, -0.15) is 5.10 Å². The van der Waals surface area contributed by atoms with Crippen LogP contribution in [-0.4, -0.2) is 33.6 Å². The second kappa shape index (κ2) is 4.63. The maximum Gasteiger partial charge on any atom is 0.258 e. The van der Waals surface area contributed by atoms with Crippen molar-refractivity contribution in [2.24, 2.45) is 0 Å². The molecule has 0 amide bonds. The quantitative estimate of drug-likeness (QED) is 0.671. The van der Waals surface area contributed by atoms with Crippen LogP contribution in [0, 0.1) is 0 Å². The number of nitrogens with one attached hydrogen (secondary N) is 3. The predicted molar refractivity (Wildman–Crippen MR) is 58.4 cm³/mol. The highest BCUT2D eigenvalue weighted by molar-refractivity contribution is 7.89. The van der Waals surface area contributed by atoms with Crippen LogP contribution >= 0.6 is 0 Å². The average Bonchev–Trinajstić information content (AvgIpc) is 2.98. The molecule has 92 valence electrons. The highest BCUT2D eigenvalue weighted by atomic mass is 32.2. The topological polar surface area (TPSA) is 116 Å². The minimum atomic E-state index is -3.58. The van der Waals surface area contributed by atoms with E-state index in [-0.39, 0.29) is 11.6 Å². The molecular weight excluding hydrogens is 244 g/mol. The van der Waals surface area contributed by atoms with Crippen LogP contribution in [0.1, 0.15) is 18.6 Å². The van der Waals surface area contributed by atoms with E-state index in [1.54, 1.807) is 0 Å². The number of hydrogen-bond donors (Lipinski definition) is 3. The SMILES string of the molecule is CCc1ncc(S(=O)(=O)NCc2ncn[nH]2)[nH]1. The molecule has 2 rings (SSSR count). The van der Waals surface area contributed by atoms with Crippen LogP contribution in [0.25, 0.3) is 0 Å². The van der Waals surface area contributed by atoms with E-state index >= 15 is 0 Å². The summed E-state index contributed by atoms with van der Waals surface area (Å²) in [5, 5.41) is 6.24. The van der Waals surface area contributed by atoms with Gasteiger partial charge in [0.25, 0.3) is 10.0 Å². The number of aryl methyl sites for hydroxylation is 1. The Morgan fingerprint density at radius 1 is 1.35 bits per heavy atom. The minimum Gasteiger partial charge on any atom is -0.332 e. The number of aromatic nitrogens is 5. The van der Waals surface area contributed by atoms with E-state index in [1.165, 1.54) is 12.5 Å². The number of nitrogens with zero attached hydrogens (tertiary/aromatic N) is 3. The number of aromatic amines is 2. The summed E-state index contributed by atoms with van der Waals surface area (Å²) in [5.41, 5.74) is 0. The lowest BCUT2D eigenvalue weighted by atomic mass is 10.5. The summed E-state index contributed by atoms with van der Waals surface area (Å²) in [6.07, 6.45) is 3.26. The summed E-state index contributed by atoms with van der Waals surface area (Å²) in [7, 11) is -3.58. The Bertz CT molecular complexity index is 573. The van der Waals surface area contributed by atoms with Crippen LogP contribution in [0.2, 0.25) is 0 Å². The third kappa shape index (κ3) is 2.68. The molecule has 8 nitrogen and oxygen atoms in total. The van der Waals surface area contributed by atoms with E-state index in [9.17, 15) is 8.42 Å². The van der Waals surface area contributed by atoms with Gasteiger partial charge in [0.15, 0.2) is 5.03 Å². The maximum atomic E-state index is 11.8. The molecule has 0 radical (unpaired) electrons. The van der Waals surface area contributed by atoms with Crippen LogP contribution in [0.5, 0.6) is 0 Å². The van der Waals surface area contributed by atoms with E-state index in [0.29, 0.717) is 18.1 Å². The van der Waals surface area contributed by atoms with Crippen molar-refractivity contribution in [2.75, 3.05) is 0 Å². The molecule has 0 fully saturated rings. The van der Waals surface area contributed by atoms with Crippen molar-refractivity contribution in [2.45, 2.75) is 24.9 Å². The van der Waals surface area contributed by atoms with E-state index in [0.717, 1.165) is 0 Å². The lowest BCUT2D eigenvalue weighted by molar-refractivity contribution is 0.576. The molecule has 0 bridgehead atoms. The molecule has 2 aromatic rings. The fraction of sp³-hybridized carbons (Fsp3) is 0.375. The maximum absolute atomic E-state index is 11.8. The molecule has 3 N–H and O–H groups in total. The van der Waals surface area contributed by atoms with Crippen LogP contribution in [0.3, 0.4) is 0 Å². The van der Waals surface area contributed by atoms with Gasteiger partial charge in [0, 0.05) is 6.42 Å². The summed E-state index contributed by atoms with van der Waals surface area (Å²) in [6, 6.07) is 0. The van der Waals surface area contributed by atoms with E-state index < -0.39 is 10.0 Å². The Kier molecular flexibility index (Phi) is 3.20. The number of hydrogen-bond acceptors (Lipinski definition) is 5. The second-order valence-corrected chi connectivity index (χ2v) is 5.04. The van der Waals surface area contributed by atoms with Crippen LogP contribution < -0.4 is 4.72 Å². The van der Waals surface area contributed by atoms with Gasteiger partial charge >= 0.3 is 0 Å². The fourth-order valence-electron chi connectivity index (χ4n) is 1.22. The van der Waals surface area contributed by atoms with Crippen molar-refractivity contribution in [1.29, 1.82) is 0 Å². The van der Waals surface area contributed by atoms with Crippen molar-refractivity contribution in [3.8, 4) is 0 Å². The van der Waals surface area contributed by atoms with Crippen molar-refractivity contribution in [1.82, 2.24) is 29.9 Å². The van der Waals surface area contributed by atoms with Crippen LogP contribution in [0.15, 0.2) is 17.6 Å². The molecule has 0 spiro atoms. The van der Waals surface area contributed by atoms with Gasteiger partial charge in [-0.25, -0.2) is 23.1 Å². The Labute approximate surface area is 97.9 Å². The predicted octanol–water partition coefficient (Wildman–Crippen LogP) is -0.431. The van der Waals surface area contributed by atoms with Gasteiger partial charge < -0.3 is 4.98 Å². The van der Waals surface area contributed by atoms with Crippen molar-refractivity contribution in [3.63, 3.8) is 0 Å². The van der Waals surface area contributed by atoms with Crippen molar-refractivity contribution in [3.05, 3.63) is 24.2 Å². The Hall–Kier alpha value is -1.74. The Balaban J connectivity index is 2.08. The average molecular weight is 256 g/mol. The summed E-state index contributed by atoms with van der Waals surface area (Å²) in [5.74, 6) is 1.08. The Morgan fingerprint density at radius 2 is 2.18 bits per heavy atom. The molecule has 9 heteroatoms. The zero-order valence-electron chi connectivity index (χ0n) is 9.14. The normalized spacial score (nSPS) is 11.8. The van der Waals surface area contributed by atoms with Gasteiger partial charge in [0.1, 0.15) is 18.0 Å². The highest BCUT2D eigenvalue weighted by Crippen LogP contribution is 2.06. The molecule has 0 saturated carbocycles. The van der Waals surface area contributed by atoms with E-state index in [4.69, 9.17) is 0 Å². The van der Waals surface area contributed by atoms with Gasteiger partial charge in [0.2, 0.25) is 0 Å². The van der Waals surface area contributed by atoms with Crippen molar-refractivity contribution >= 4 is 10.0 Å². The molecular formula is C8H12N6O2S. The van der Waals surface area contributed by atoms with Gasteiger partial charge in [-0.1, -0.05) is 6.92 Å². The zero-order chi connectivity index (χ0) is 12.3. The fourth-order valence-corrected chi connectivity index (χ4v) is 2.14. The smallest absolute Gasteiger partial charge is 0.258 e. The van der Waals surface area contributed by atoms with Crippen LogP contribution in [-0.2, 0) is 23.0 Å². The first-order chi connectivity index (χ1) is 8.12. The number of rotatable bonds is 5. The monoisotopic (exact) mass is 256 g/mol. The van der Waals surface area contributed by atoms with Gasteiger partial charge in [-0.15, -0.1) is 0 Å². The molecule has 0 aliphatic rings. The third-order valence-electron chi connectivity index (χ3n) is 2.12. The second-order valence-electron chi connectivity index (χ2n) is 3.30. The summed E-state index contributed by atoms with van der Waals surface area (Å²) >= 11 is 0. The number of H-pyrrole nitrogens is 2. The Morgan fingerprint density at radius 3 is 2.76 bits per heavy atom. The molecule has 0 aromatic carbocycles.